The maximum Gasteiger partial charge on any atom is 0.244 e. The molecule has 22 heavy (non-hydrogen) atoms. The van der Waals surface area contributed by atoms with Gasteiger partial charge in [0.15, 0.2) is 11.5 Å². The van der Waals surface area contributed by atoms with Gasteiger partial charge in [0.25, 0.3) is 0 Å². The first-order chi connectivity index (χ1) is 10.7. The van der Waals surface area contributed by atoms with Gasteiger partial charge in [0.1, 0.15) is 0 Å². The smallest absolute Gasteiger partial charge is 0.244 e. The molecular weight excluding hydrogens is 278 g/mol. The van der Waals surface area contributed by atoms with Crippen LogP contribution >= 0.6 is 0 Å². The van der Waals surface area contributed by atoms with E-state index in [0.29, 0.717) is 12.3 Å². The van der Waals surface area contributed by atoms with Gasteiger partial charge in [-0.3, -0.25) is 4.79 Å². The number of hydrogen-bond acceptors (Lipinski definition) is 3. The van der Waals surface area contributed by atoms with Crippen molar-refractivity contribution in [1.82, 2.24) is 5.32 Å². The molecular formula is C18H19NO3. The summed E-state index contributed by atoms with van der Waals surface area (Å²) in [5, 5.41) is 12.5. The van der Waals surface area contributed by atoms with Crippen molar-refractivity contribution in [3.63, 3.8) is 0 Å². The SMILES string of the molecule is COc1ccc(/C=C/C(=O)NCCc2ccccc2)cc1O. The van der Waals surface area contributed by atoms with Gasteiger partial charge in [-0.05, 0) is 35.8 Å². The fourth-order valence-corrected chi connectivity index (χ4v) is 2.02. The second-order valence-electron chi connectivity index (χ2n) is 4.79. The summed E-state index contributed by atoms with van der Waals surface area (Å²) in [5.41, 5.74) is 1.92. The van der Waals surface area contributed by atoms with E-state index in [0.717, 1.165) is 12.0 Å². The summed E-state index contributed by atoms with van der Waals surface area (Å²) in [6.45, 7) is 0.584. The number of benzene rings is 2. The topological polar surface area (TPSA) is 58.6 Å². The Hall–Kier alpha value is -2.75. The molecule has 0 aromatic heterocycles. The van der Waals surface area contributed by atoms with E-state index in [1.807, 2.05) is 30.3 Å². The van der Waals surface area contributed by atoms with E-state index < -0.39 is 0 Å². The van der Waals surface area contributed by atoms with E-state index in [9.17, 15) is 9.90 Å². The minimum atomic E-state index is -0.161. The number of carbonyl (C=O) groups is 1. The second kappa shape index (κ2) is 7.88. The zero-order chi connectivity index (χ0) is 15.8. The predicted octanol–water partition coefficient (Wildman–Crippen LogP) is 2.77. The molecule has 0 saturated heterocycles. The van der Waals surface area contributed by atoms with Crippen LogP contribution in [0.25, 0.3) is 6.08 Å². The lowest BCUT2D eigenvalue weighted by atomic mass is 10.1. The molecule has 2 N–H and O–H groups in total. The Morgan fingerprint density at radius 1 is 1.23 bits per heavy atom. The van der Waals surface area contributed by atoms with Crippen molar-refractivity contribution in [3.05, 3.63) is 65.7 Å². The lowest BCUT2D eigenvalue weighted by Gasteiger charge is -2.04. The first-order valence-electron chi connectivity index (χ1n) is 7.06. The van der Waals surface area contributed by atoms with E-state index >= 15 is 0 Å². The summed E-state index contributed by atoms with van der Waals surface area (Å²) in [6.07, 6.45) is 3.90. The van der Waals surface area contributed by atoms with Crippen LogP contribution in [0.4, 0.5) is 0 Å². The average molecular weight is 297 g/mol. The maximum absolute atomic E-state index is 11.7. The highest BCUT2D eigenvalue weighted by atomic mass is 16.5. The number of methoxy groups -OCH3 is 1. The van der Waals surface area contributed by atoms with Crippen molar-refractivity contribution in [3.8, 4) is 11.5 Å². The summed E-state index contributed by atoms with van der Waals surface area (Å²) in [4.78, 5) is 11.7. The van der Waals surface area contributed by atoms with Crippen molar-refractivity contribution in [2.24, 2.45) is 0 Å². The van der Waals surface area contributed by atoms with Crippen molar-refractivity contribution in [1.29, 1.82) is 0 Å². The van der Waals surface area contributed by atoms with Gasteiger partial charge in [0.2, 0.25) is 5.91 Å². The summed E-state index contributed by atoms with van der Waals surface area (Å²) in [5.74, 6) is 0.296. The van der Waals surface area contributed by atoms with Crippen LogP contribution in [0.3, 0.4) is 0 Å². The molecule has 0 aliphatic heterocycles. The van der Waals surface area contributed by atoms with Crippen LogP contribution in [0, 0.1) is 0 Å². The number of ether oxygens (including phenoxy) is 1. The molecule has 0 heterocycles. The van der Waals surface area contributed by atoms with Crippen LogP contribution in [-0.4, -0.2) is 24.7 Å². The second-order valence-corrected chi connectivity index (χ2v) is 4.79. The number of phenolic OH excluding ortho intramolecular Hbond substituents is 1. The Morgan fingerprint density at radius 3 is 2.68 bits per heavy atom. The van der Waals surface area contributed by atoms with Crippen molar-refractivity contribution >= 4 is 12.0 Å². The van der Waals surface area contributed by atoms with Crippen LogP contribution in [0.5, 0.6) is 11.5 Å². The third-order valence-electron chi connectivity index (χ3n) is 3.19. The molecule has 0 atom stereocenters. The lowest BCUT2D eigenvalue weighted by Crippen LogP contribution is -2.23. The first kappa shape index (κ1) is 15.6. The van der Waals surface area contributed by atoms with E-state index in [2.05, 4.69) is 5.32 Å². The molecule has 0 saturated carbocycles. The summed E-state index contributed by atoms with van der Waals surface area (Å²) < 4.78 is 4.97. The number of nitrogens with one attached hydrogen (secondary N) is 1. The number of aromatic hydroxyl groups is 1. The summed E-state index contributed by atoms with van der Waals surface area (Å²) in [6, 6.07) is 15.0. The van der Waals surface area contributed by atoms with E-state index in [1.165, 1.54) is 18.7 Å². The van der Waals surface area contributed by atoms with E-state index in [4.69, 9.17) is 4.74 Å². The molecule has 0 spiro atoms. The van der Waals surface area contributed by atoms with Gasteiger partial charge in [-0.1, -0.05) is 36.4 Å². The Labute approximate surface area is 130 Å². The van der Waals surface area contributed by atoms with Gasteiger partial charge >= 0.3 is 0 Å². The molecule has 0 unspecified atom stereocenters. The lowest BCUT2D eigenvalue weighted by molar-refractivity contribution is -0.116. The third-order valence-corrected chi connectivity index (χ3v) is 3.19. The van der Waals surface area contributed by atoms with Gasteiger partial charge in [-0.15, -0.1) is 0 Å². The molecule has 0 aliphatic rings. The number of hydrogen-bond donors (Lipinski definition) is 2. The molecule has 0 radical (unpaired) electrons. The van der Waals surface area contributed by atoms with Gasteiger partial charge in [0, 0.05) is 12.6 Å². The molecule has 0 bridgehead atoms. The van der Waals surface area contributed by atoms with Crippen molar-refractivity contribution in [2.45, 2.75) is 6.42 Å². The van der Waals surface area contributed by atoms with Crippen molar-refractivity contribution in [2.75, 3.05) is 13.7 Å². The normalized spacial score (nSPS) is 10.6. The maximum atomic E-state index is 11.7. The third kappa shape index (κ3) is 4.66. The molecule has 2 aromatic rings. The highest BCUT2D eigenvalue weighted by Gasteiger charge is 2.01. The number of carbonyl (C=O) groups excluding carboxylic acids is 1. The van der Waals surface area contributed by atoms with Crippen LogP contribution in [0.2, 0.25) is 0 Å². The highest BCUT2D eigenvalue weighted by molar-refractivity contribution is 5.91. The minimum Gasteiger partial charge on any atom is -0.504 e. The number of amides is 1. The standard InChI is InChI=1S/C18H19NO3/c1-22-17-9-7-15(13-16(17)20)8-10-18(21)19-12-11-14-5-3-2-4-6-14/h2-10,13,20H,11-12H2,1H3,(H,19,21)/b10-8+. The van der Waals surface area contributed by atoms with Crippen LogP contribution in [-0.2, 0) is 11.2 Å². The molecule has 114 valence electrons. The molecule has 2 rings (SSSR count). The number of phenols is 1. The highest BCUT2D eigenvalue weighted by Crippen LogP contribution is 2.26. The molecule has 0 fully saturated rings. The largest absolute Gasteiger partial charge is 0.504 e. The minimum absolute atomic E-state index is 0.0501. The average Bonchev–Trinajstić information content (AvgIpc) is 2.54. The Balaban J connectivity index is 1.82. The molecule has 2 aromatic carbocycles. The zero-order valence-electron chi connectivity index (χ0n) is 12.5. The molecule has 4 heteroatoms. The fourth-order valence-electron chi connectivity index (χ4n) is 2.02. The molecule has 0 aliphatic carbocycles. The van der Waals surface area contributed by atoms with Crippen LogP contribution in [0.1, 0.15) is 11.1 Å². The van der Waals surface area contributed by atoms with E-state index in [1.54, 1.807) is 24.3 Å². The fraction of sp³-hybridized carbons (Fsp3) is 0.167. The monoisotopic (exact) mass is 297 g/mol. The Morgan fingerprint density at radius 2 is 2.00 bits per heavy atom. The van der Waals surface area contributed by atoms with Gasteiger partial charge < -0.3 is 15.2 Å². The van der Waals surface area contributed by atoms with Gasteiger partial charge in [0.05, 0.1) is 7.11 Å². The van der Waals surface area contributed by atoms with Gasteiger partial charge in [-0.25, -0.2) is 0 Å². The Kier molecular flexibility index (Phi) is 5.60. The molecule has 1 amide bonds. The molecule has 4 nitrogen and oxygen atoms in total. The predicted molar refractivity (Wildman–Crippen MR) is 86.8 cm³/mol. The van der Waals surface area contributed by atoms with Crippen LogP contribution < -0.4 is 10.1 Å². The summed E-state index contributed by atoms with van der Waals surface area (Å²) in [7, 11) is 1.49. The van der Waals surface area contributed by atoms with Crippen LogP contribution in [0.15, 0.2) is 54.6 Å². The van der Waals surface area contributed by atoms with Gasteiger partial charge in [-0.2, -0.15) is 0 Å². The summed E-state index contributed by atoms with van der Waals surface area (Å²) >= 11 is 0. The number of rotatable bonds is 6. The first-order valence-corrected chi connectivity index (χ1v) is 7.06. The van der Waals surface area contributed by atoms with E-state index in [-0.39, 0.29) is 11.7 Å². The van der Waals surface area contributed by atoms with Crippen molar-refractivity contribution < 1.29 is 14.6 Å². The zero-order valence-corrected chi connectivity index (χ0v) is 12.5. The quantitative estimate of drug-likeness (QED) is 0.806. The Bertz CT molecular complexity index is 651.